The summed E-state index contributed by atoms with van der Waals surface area (Å²) < 4.78 is 16.3. The molecule has 7 nitrogen and oxygen atoms in total. The minimum atomic E-state index is -0.103. The number of aryl methyl sites for hydroxylation is 1. The monoisotopic (exact) mass is 371 g/mol. The lowest BCUT2D eigenvalue weighted by Crippen LogP contribution is -2.44. The molecule has 7 heteroatoms. The SMILES string of the molecule is COc1ccc(CCC(=O)N2CCC[C@H](Oc3nccnc3OC)C2)cc1. The summed E-state index contributed by atoms with van der Waals surface area (Å²) in [5.41, 5.74) is 1.12. The molecule has 1 saturated heterocycles. The van der Waals surface area contributed by atoms with Crippen LogP contribution >= 0.6 is 0 Å². The summed E-state index contributed by atoms with van der Waals surface area (Å²) in [6.45, 7) is 1.32. The van der Waals surface area contributed by atoms with Crippen molar-refractivity contribution in [2.75, 3.05) is 27.3 Å². The Morgan fingerprint density at radius 1 is 1.11 bits per heavy atom. The van der Waals surface area contributed by atoms with Crippen LogP contribution in [-0.2, 0) is 11.2 Å². The highest BCUT2D eigenvalue weighted by Crippen LogP contribution is 2.24. The quantitative estimate of drug-likeness (QED) is 0.745. The maximum atomic E-state index is 12.6. The van der Waals surface area contributed by atoms with Gasteiger partial charge in [-0.2, -0.15) is 0 Å². The molecule has 3 rings (SSSR count). The molecule has 2 aromatic rings. The average Bonchev–Trinajstić information content (AvgIpc) is 2.73. The van der Waals surface area contributed by atoms with Crippen molar-refractivity contribution in [1.29, 1.82) is 0 Å². The standard InChI is InChI=1S/C20H25N3O4/c1-25-16-8-5-15(6-9-16)7-10-18(24)23-13-3-4-17(14-23)27-20-19(26-2)21-11-12-22-20/h5-6,8-9,11-12,17H,3-4,7,10,13-14H2,1-2H3/t17-/m0/s1. The lowest BCUT2D eigenvalue weighted by atomic mass is 10.1. The fourth-order valence-corrected chi connectivity index (χ4v) is 3.15. The zero-order valence-corrected chi connectivity index (χ0v) is 15.8. The number of nitrogens with zero attached hydrogens (tertiary/aromatic N) is 3. The Morgan fingerprint density at radius 3 is 2.56 bits per heavy atom. The molecular formula is C20H25N3O4. The maximum absolute atomic E-state index is 12.6. The van der Waals surface area contributed by atoms with Crippen molar-refractivity contribution in [3.8, 4) is 17.5 Å². The van der Waals surface area contributed by atoms with E-state index in [0.29, 0.717) is 31.1 Å². The van der Waals surface area contributed by atoms with E-state index in [1.807, 2.05) is 29.2 Å². The number of ether oxygens (including phenoxy) is 3. The van der Waals surface area contributed by atoms with Gasteiger partial charge in [0, 0.05) is 25.4 Å². The Morgan fingerprint density at radius 2 is 1.85 bits per heavy atom. The molecule has 2 heterocycles. The molecule has 1 amide bonds. The maximum Gasteiger partial charge on any atom is 0.278 e. The van der Waals surface area contributed by atoms with Gasteiger partial charge >= 0.3 is 0 Å². The fourth-order valence-electron chi connectivity index (χ4n) is 3.15. The van der Waals surface area contributed by atoms with E-state index in [9.17, 15) is 4.79 Å². The van der Waals surface area contributed by atoms with E-state index in [0.717, 1.165) is 30.7 Å². The van der Waals surface area contributed by atoms with E-state index in [2.05, 4.69) is 9.97 Å². The molecule has 1 atom stereocenters. The van der Waals surface area contributed by atoms with Crippen molar-refractivity contribution >= 4 is 5.91 Å². The van der Waals surface area contributed by atoms with Crippen LogP contribution < -0.4 is 14.2 Å². The van der Waals surface area contributed by atoms with Gasteiger partial charge in [0.1, 0.15) is 11.9 Å². The van der Waals surface area contributed by atoms with Gasteiger partial charge in [-0.1, -0.05) is 12.1 Å². The van der Waals surface area contributed by atoms with Crippen LogP contribution in [0.15, 0.2) is 36.7 Å². The van der Waals surface area contributed by atoms with E-state index in [4.69, 9.17) is 14.2 Å². The fraction of sp³-hybridized carbons (Fsp3) is 0.450. The highest BCUT2D eigenvalue weighted by Gasteiger charge is 2.26. The molecular weight excluding hydrogens is 346 g/mol. The number of hydrogen-bond acceptors (Lipinski definition) is 6. The van der Waals surface area contributed by atoms with Gasteiger partial charge in [-0.25, -0.2) is 9.97 Å². The van der Waals surface area contributed by atoms with Crippen LogP contribution in [-0.4, -0.2) is 54.2 Å². The van der Waals surface area contributed by atoms with Gasteiger partial charge in [-0.15, -0.1) is 0 Å². The number of aromatic nitrogens is 2. The largest absolute Gasteiger partial charge is 0.497 e. The Hall–Kier alpha value is -2.83. The van der Waals surface area contributed by atoms with Gasteiger partial charge in [0.05, 0.1) is 20.8 Å². The van der Waals surface area contributed by atoms with E-state index < -0.39 is 0 Å². The second kappa shape index (κ2) is 9.21. The smallest absolute Gasteiger partial charge is 0.278 e. The molecule has 1 aromatic carbocycles. The minimum absolute atomic E-state index is 0.103. The molecule has 0 radical (unpaired) electrons. The zero-order valence-electron chi connectivity index (χ0n) is 15.8. The summed E-state index contributed by atoms with van der Waals surface area (Å²) in [5, 5.41) is 0. The van der Waals surface area contributed by atoms with Gasteiger partial charge in [0.15, 0.2) is 0 Å². The van der Waals surface area contributed by atoms with Crippen LogP contribution in [0, 0.1) is 0 Å². The summed E-state index contributed by atoms with van der Waals surface area (Å²) in [5.74, 6) is 1.70. The molecule has 1 aliphatic heterocycles. The predicted octanol–water partition coefficient (Wildman–Crippen LogP) is 2.50. The molecule has 0 N–H and O–H groups in total. The number of amides is 1. The highest BCUT2D eigenvalue weighted by atomic mass is 16.5. The Labute approximate surface area is 159 Å². The number of carbonyl (C=O) groups excluding carboxylic acids is 1. The normalized spacial score (nSPS) is 16.7. The van der Waals surface area contributed by atoms with Gasteiger partial charge in [-0.3, -0.25) is 4.79 Å². The first kappa shape index (κ1) is 18.9. The first-order chi connectivity index (χ1) is 13.2. The van der Waals surface area contributed by atoms with Crippen LogP contribution in [0.3, 0.4) is 0 Å². The molecule has 0 bridgehead atoms. The zero-order chi connectivity index (χ0) is 19.1. The van der Waals surface area contributed by atoms with Crippen LogP contribution in [0.5, 0.6) is 17.5 Å². The lowest BCUT2D eigenvalue weighted by Gasteiger charge is -2.32. The Balaban J connectivity index is 1.52. The number of methoxy groups -OCH3 is 2. The van der Waals surface area contributed by atoms with Gasteiger partial charge in [-0.05, 0) is 37.0 Å². The van der Waals surface area contributed by atoms with Gasteiger partial charge in [0.2, 0.25) is 5.91 Å². The first-order valence-corrected chi connectivity index (χ1v) is 9.12. The second-order valence-electron chi connectivity index (χ2n) is 6.44. The third-order valence-electron chi connectivity index (χ3n) is 4.62. The third kappa shape index (κ3) is 5.09. The number of hydrogen-bond donors (Lipinski definition) is 0. The van der Waals surface area contributed by atoms with Gasteiger partial charge in [0.25, 0.3) is 11.8 Å². The minimum Gasteiger partial charge on any atom is -0.497 e. The van der Waals surface area contributed by atoms with Crippen LogP contribution in [0.4, 0.5) is 0 Å². The van der Waals surface area contributed by atoms with Crippen LogP contribution in [0.25, 0.3) is 0 Å². The Bertz CT molecular complexity index is 751. The Kier molecular flexibility index (Phi) is 6.46. The molecule has 27 heavy (non-hydrogen) atoms. The van der Waals surface area contributed by atoms with E-state index >= 15 is 0 Å². The van der Waals surface area contributed by atoms with Crippen molar-refractivity contribution in [3.05, 3.63) is 42.2 Å². The molecule has 1 fully saturated rings. The molecule has 1 aliphatic rings. The average molecular weight is 371 g/mol. The molecule has 0 saturated carbocycles. The van der Waals surface area contributed by atoms with Gasteiger partial charge < -0.3 is 19.1 Å². The summed E-state index contributed by atoms with van der Waals surface area (Å²) in [6.07, 6.45) is 5.99. The predicted molar refractivity (Wildman–Crippen MR) is 100 cm³/mol. The molecule has 0 spiro atoms. The highest BCUT2D eigenvalue weighted by molar-refractivity contribution is 5.76. The lowest BCUT2D eigenvalue weighted by molar-refractivity contribution is -0.133. The summed E-state index contributed by atoms with van der Waals surface area (Å²) in [4.78, 5) is 22.8. The third-order valence-corrected chi connectivity index (χ3v) is 4.62. The van der Waals surface area contributed by atoms with E-state index in [-0.39, 0.29) is 12.0 Å². The van der Waals surface area contributed by atoms with E-state index in [1.165, 1.54) is 7.11 Å². The second-order valence-corrected chi connectivity index (χ2v) is 6.44. The molecule has 1 aromatic heterocycles. The number of likely N-dealkylation sites (tertiary alicyclic amines) is 1. The van der Waals surface area contributed by atoms with Crippen molar-refractivity contribution in [1.82, 2.24) is 14.9 Å². The first-order valence-electron chi connectivity index (χ1n) is 9.12. The number of carbonyl (C=O) groups is 1. The number of benzene rings is 1. The summed E-state index contributed by atoms with van der Waals surface area (Å²) >= 11 is 0. The van der Waals surface area contributed by atoms with Crippen molar-refractivity contribution in [2.45, 2.75) is 31.8 Å². The number of rotatable bonds is 7. The number of piperidine rings is 1. The summed E-state index contributed by atoms with van der Waals surface area (Å²) in [7, 11) is 3.18. The van der Waals surface area contributed by atoms with Crippen molar-refractivity contribution < 1.29 is 19.0 Å². The van der Waals surface area contributed by atoms with Crippen molar-refractivity contribution in [2.24, 2.45) is 0 Å². The topological polar surface area (TPSA) is 73.8 Å². The van der Waals surface area contributed by atoms with Crippen LogP contribution in [0.1, 0.15) is 24.8 Å². The molecule has 0 aliphatic carbocycles. The molecule has 144 valence electrons. The molecule has 0 unspecified atom stereocenters. The van der Waals surface area contributed by atoms with E-state index in [1.54, 1.807) is 19.5 Å². The summed E-state index contributed by atoms with van der Waals surface area (Å²) in [6, 6.07) is 7.82. The van der Waals surface area contributed by atoms with Crippen LogP contribution in [0.2, 0.25) is 0 Å². The van der Waals surface area contributed by atoms with Crippen molar-refractivity contribution in [3.63, 3.8) is 0 Å².